The van der Waals surface area contributed by atoms with Crippen molar-refractivity contribution >= 4 is 23.1 Å². The lowest BCUT2D eigenvalue weighted by atomic mass is 9.99. The molecular weight excluding hydrogens is 392 g/mol. The minimum absolute atomic E-state index is 0.118. The van der Waals surface area contributed by atoms with Gasteiger partial charge in [-0.05, 0) is 60.6 Å². The summed E-state index contributed by atoms with van der Waals surface area (Å²) in [5, 5.41) is 0.473. The molecule has 1 saturated carbocycles. The molecule has 0 saturated heterocycles. The first kappa shape index (κ1) is 20.6. The summed E-state index contributed by atoms with van der Waals surface area (Å²) in [6.45, 7) is 2.27. The molecule has 2 aromatic carbocycles. The van der Waals surface area contributed by atoms with E-state index in [9.17, 15) is 4.79 Å². The SMILES string of the molecule is CCC1(N(C)c2ccc(-c3ccc(C(=O)CCc4cccnc4Cl)cc3)cc2)CC1. The molecule has 1 fully saturated rings. The Morgan fingerprint density at radius 3 is 2.23 bits per heavy atom. The Labute approximate surface area is 183 Å². The number of carbonyl (C=O) groups excluding carboxylic acids is 1. The summed E-state index contributed by atoms with van der Waals surface area (Å²) in [5.41, 5.74) is 5.55. The third kappa shape index (κ3) is 4.27. The van der Waals surface area contributed by atoms with Crippen molar-refractivity contribution in [2.75, 3.05) is 11.9 Å². The smallest absolute Gasteiger partial charge is 0.163 e. The van der Waals surface area contributed by atoms with Gasteiger partial charge in [-0.25, -0.2) is 4.98 Å². The fraction of sp³-hybridized carbons (Fsp3) is 0.308. The van der Waals surface area contributed by atoms with Crippen LogP contribution < -0.4 is 4.90 Å². The quantitative estimate of drug-likeness (QED) is 0.305. The Bertz CT molecular complexity index is 1020. The molecule has 0 amide bonds. The largest absolute Gasteiger partial charge is 0.369 e. The van der Waals surface area contributed by atoms with Crippen LogP contribution in [-0.2, 0) is 6.42 Å². The zero-order valence-electron chi connectivity index (χ0n) is 17.6. The number of aryl methyl sites for hydroxylation is 1. The van der Waals surface area contributed by atoms with Gasteiger partial charge in [0.1, 0.15) is 5.15 Å². The maximum absolute atomic E-state index is 12.6. The van der Waals surface area contributed by atoms with Crippen LogP contribution >= 0.6 is 11.6 Å². The highest BCUT2D eigenvalue weighted by atomic mass is 35.5. The van der Waals surface area contributed by atoms with Crippen molar-refractivity contribution in [2.45, 2.75) is 44.6 Å². The van der Waals surface area contributed by atoms with Crippen LogP contribution in [0.25, 0.3) is 11.1 Å². The molecule has 4 rings (SSSR count). The number of hydrogen-bond acceptors (Lipinski definition) is 3. The van der Waals surface area contributed by atoms with E-state index in [0.717, 1.165) is 22.3 Å². The normalized spacial score (nSPS) is 14.4. The number of benzene rings is 2. The number of aromatic nitrogens is 1. The van der Waals surface area contributed by atoms with E-state index in [1.54, 1.807) is 6.20 Å². The van der Waals surface area contributed by atoms with Crippen molar-refractivity contribution in [3.05, 3.63) is 83.1 Å². The van der Waals surface area contributed by atoms with Gasteiger partial charge in [-0.2, -0.15) is 0 Å². The van der Waals surface area contributed by atoms with E-state index in [0.29, 0.717) is 23.5 Å². The van der Waals surface area contributed by atoms with E-state index in [4.69, 9.17) is 11.6 Å². The summed E-state index contributed by atoms with van der Waals surface area (Å²) in [5.74, 6) is 0.118. The predicted octanol–water partition coefficient (Wildman–Crippen LogP) is 6.60. The number of halogens is 1. The lowest BCUT2D eigenvalue weighted by Crippen LogP contribution is -2.32. The minimum atomic E-state index is 0.118. The fourth-order valence-corrected chi connectivity index (χ4v) is 4.28. The standard InChI is InChI=1S/C26H27ClN2O/c1-3-26(16-17-26)29(2)23-13-10-20(11-14-23)19-6-8-21(9-7-19)24(30)15-12-22-5-4-18-28-25(22)27/h4-11,13-14,18H,3,12,15-17H2,1-2H3. The molecule has 0 radical (unpaired) electrons. The van der Waals surface area contributed by atoms with E-state index in [-0.39, 0.29) is 5.78 Å². The molecule has 1 heterocycles. The maximum Gasteiger partial charge on any atom is 0.163 e. The molecule has 154 valence electrons. The summed E-state index contributed by atoms with van der Waals surface area (Å²) in [6.07, 6.45) is 6.43. The van der Waals surface area contributed by atoms with Crippen molar-refractivity contribution in [1.29, 1.82) is 0 Å². The second-order valence-electron chi connectivity index (χ2n) is 8.14. The van der Waals surface area contributed by atoms with Crippen LogP contribution in [0.1, 0.15) is 48.5 Å². The van der Waals surface area contributed by atoms with Gasteiger partial charge in [0.05, 0.1) is 0 Å². The second-order valence-corrected chi connectivity index (χ2v) is 8.50. The molecule has 3 nitrogen and oxygen atoms in total. The van der Waals surface area contributed by atoms with E-state index in [2.05, 4.69) is 48.1 Å². The lowest BCUT2D eigenvalue weighted by molar-refractivity contribution is 0.0983. The summed E-state index contributed by atoms with van der Waals surface area (Å²) in [7, 11) is 2.20. The number of anilines is 1. The molecule has 3 aromatic rings. The Balaban J connectivity index is 1.40. The molecule has 0 N–H and O–H groups in total. The Morgan fingerprint density at radius 1 is 1.03 bits per heavy atom. The minimum Gasteiger partial charge on any atom is -0.369 e. The summed E-state index contributed by atoms with van der Waals surface area (Å²) < 4.78 is 0. The number of carbonyl (C=O) groups is 1. The first-order valence-corrected chi connectivity index (χ1v) is 11.0. The first-order chi connectivity index (χ1) is 14.5. The van der Waals surface area contributed by atoms with Crippen LogP contribution in [0.4, 0.5) is 5.69 Å². The van der Waals surface area contributed by atoms with Crippen molar-refractivity contribution in [3.63, 3.8) is 0 Å². The molecule has 4 heteroatoms. The summed E-state index contributed by atoms with van der Waals surface area (Å²) in [6, 6.07) is 20.4. The van der Waals surface area contributed by atoms with Crippen LogP contribution in [0, 0.1) is 0 Å². The molecule has 0 unspecified atom stereocenters. The van der Waals surface area contributed by atoms with Crippen LogP contribution in [0.15, 0.2) is 66.9 Å². The van der Waals surface area contributed by atoms with Gasteiger partial charge in [-0.15, -0.1) is 0 Å². The lowest BCUT2D eigenvalue weighted by Gasteiger charge is -2.29. The van der Waals surface area contributed by atoms with E-state index < -0.39 is 0 Å². The van der Waals surface area contributed by atoms with E-state index >= 15 is 0 Å². The highest BCUT2D eigenvalue weighted by molar-refractivity contribution is 6.30. The monoisotopic (exact) mass is 418 g/mol. The van der Waals surface area contributed by atoms with Gasteiger partial charge in [0.25, 0.3) is 0 Å². The molecule has 30 heavy (non-hydrogen) atoms. The summed E-state index contributed by atoms with van der Waals surface area (Å²) in [4.78, 5) is 19.0. The summed E-state index contributed by atoms with van der Waals surface area (Å²) >= 11 is 6.08. The number of ketones is 1. The van der Waals surface area contributed by atoms with Gasteiger partial charge in [0.2, 0.25) is 0 Å². The predicted molar refractivity (Wildman–Crippen MR) is 124 cm³/mol. The Kier molecular flexibility index (Phi) is 5.92. The third-order valence-corrected chi connectivity index (χ3v) is 6.79. The average Bonchev–Trinajstić information content (AvgIpc) is 3.59. The first-order valence-electron chi connectivity index (χ1n) is 10.6. The van der Waals surface area contributed by atoms with Crippen molar-refractivity contribution in [2.24, 2.45) is 0 Å². The number of Topliss-reactive ketones (excluding diaryl/α,β-unsaturated/α-hetero) is 1. The Hall–Kier alpha value is -2.65. The van der Waals surface area contributed by atoms with Crippen molar-refractivity contribution in [1.82, 2.24) is 4.98 Å². The van der Waals surface area contributed by atoms with Crippen LogP contribution in [-0.4, -0.2) is 23.4 Å². The Morgan fingerprint density at radius 2 is 1.67 bits per heavy atom. The van der Waals surface area contributed by atoms with Crippen LogP contribution in [0.5, 0.6) is 0 Å². The molecule has 1 aliphatic carbocycles. The van der Waals surface area contributed by atoms with Crippen LogP contribution in [0.2, 0.25) is 5.15 Å². The second kappa shape index (κ2) is 8.61. The van der Waals surface area contributed by atoms with Gasteiger partial charge in [-0.1, -0.05) is 61.0 Å². The van der Waals surface area contributed by atoms with Crippen LogP contribution in [0.3, 0.4) is 0 Å². The highest BCUT2D eigenvalue weighted by Crippen LogP contribution is 2.45. The molecule has 1 aromatic heterocycles. The molecule has 1 aliphatic rings. The average molecular weight is 419 g/mol. The van der Waals surface area contributed by atoms with Gasteiger partial charge < -0.3 is 4.90 Å². The van der Waals surface area contributed by atoms with Gasteiger partial charge in [0.15, 0.2) is 5.78 Å². The number of nitrogens with zero attached hydrogens (tertiary/aromatic N) is 2. The number of hydrogen-bond donors (Lipinski definition) is 0. The zero-order chi connectivity index (χ0) is 21.1. The van der Waals surface area contributed by atoms with Gasteiger partial charge in [-0.3, -0.25) is 4.79 Å². The number of rotatable bonds is 8. The molecular formula is C26H27ClN2O. The third-order valence-electron chi connectivity index (χ3n) is 6.45. The molecule has 0 spiro atoms. The van der Waals surface area contributed by atoms with Crippen molar-refractivity contribution in [3.8, 4) is 11.1 Å². The van der Waals surface area contributed by atoms with Gasteiger partial charge >= 0.3 is 0 Å². The molecule has 0 aliphatic heterocycles. The highest BCUT2D eigenvalue weighted by Gasteiger charge is 2.44. The van der Waals surface area contributed by atoms with E-state index in [1.807, 2.05) is 36.4 Å². The topological polar surface area (TPSA) is 33.2 Å². The van der Waals surface area contributed by atoms with Gasteiger partial charge in [0, 0.05) is 36.5 Å². The fourth-order valence-electron chi connectivity index (χ4n) is 4.07. The maximum atomic E-state index is 12.6. The van der Waals surface area contributed by atoms with Crippen molar-refractivity contribution < 1.29 is 4.79 Å². The zero-order valence-corrected chi connectivity index (χ0v) is 18.3. The molecule has 0 atom stereocenters. The number of pyridine rings is 1. The molecule has 0 bridgehead atoms. The van der Waals surface area contributed by atoms with E-state index in [1.165, 1.54) is 24.9 Å².